The highest BCUT2D eigenvalue weighted by molar-refractivity contribution is 6.41. The van der Waals surface area contributed by atoms with E-state index in [1.165, 1.54) is 25.3 Å². The molecular weight excluding hydrogens is 439 g/mol. The van der Waals surface area contributed by atoms with Crippen molar-refractivity contribution in [2.24, 2.45) is 0 Å². The van der Waals surface area contributed by atoms with E-state index in [2.05, 4.69) is 15.0 Å². The number of anilines is 2. The van der Waals surface area contributed by atoms with E-state index >= 15 is 0 Å². The molecule has 11 heteroatoms. The normalized spacial score (nSPS) is 15.6. The summed E-state index contributed by atoms with van der Waals surface area (Å²) in [6.45, 7) is -0.364. The van der Waals surface area contributed by atoms with Gasteiger partial charge in [0, 0.05) is 36.2 Å². The zero-order valence-corrected chi connectivity index (χ0v) is 17.6. The highest BCUT2D eigenvalue weighted by Gasteiger charge is 2.39. The molecule has 158 valence electrons. The predicted octanol–water partition coefficient (Wildman–Crippen LogP) is 4.44. The number of nitrogen functional groups attached to an aromatic ring is 1. The Morgan fingerprint density at radius 3 is 2.33 bits per heavy atom. The molecule has 0 spiro atoms. The summed E-state index contributed by atoms with van der Waals surface area (Å²) >= 11 is 13.0. The van der Waals surface area contributed by atoms with Crippen LogP contribution in [0.25, 0.3) is 22.2 Å². The second-order valence-corrected chi connectivity index (χ2v) is 7.56. The SMILES string of the molecule is COc1cc(OC)c(Cl)c(-c2cc3cnc(N)nc3c(N3CCC(F)(F)C3)n2)c1Cl. The molecule has 7 nitrogen and oxygen atoms in total. The summed E-state index contributed by atoms with van der Waals surface area (Å²) in [5.74, 6) is -1.89. The van der Waals surface area contributed by atoms with Crippen LogP contribution in [0.2, 0.25) is 10.0 Å². The van der Waals surface area contributed by atoms with Crippen molar-refractivity contribution < 1.29 is 18.3 Å². The van der Waals surface area contributed by atoms with Gasteiger partial charge in [-0.15, -0.1) is 0 Å². The van der Waals surface area contributed by atoms with E-state index in [-0.39, 0.29) is 34.8 Å². The first-order chi connectivity index (χ1) is 14.2. The quantitative estimate of drug-likeness (QED) is 0.621. The van der Waals surface area contributed by atoms with Crippen molar-refractivity contribution in [1.29, 1.82) is 0 Å². The van der Waals surface area contributed by atoms with Gasteiger partial charge in [0.25, 0.3) is 5.92 Å². The molecule has 1 fully saturated rings. The number of ether oxygens (including phenoxy) is 2. The highest BCUT2D eigenvalue weighted by atomic mass is 35.5. The minimum absolute atomic E-state index is 0.0170. The number of nitrogens with zero attached hydrogens (tertiary/aromatic N) is 4. The van der Waals surface area contributed by atoms with Crippen LogP contribution in [0.1, 0.15) is 6.42 Å². The van der Waals surface area contributed by atoms with Gasteiger partial charge in [-0.25, -0.2) is 23.7 Å². The molecule has 2 N–H and O–H groups in total. The first kappa shape index (κ1) is 20.6. The second-order valence-electron chi connectivity index (χ2n) is 6.81. The maximum absolute atomic E-state index is 13.9. The summed E-state index contributed by atoms with van der Waals surface area (Å²) in [5, 5.41) is 0.974. The Hall–Kier alpha value is -2.65. The fourth-order valence-corrected chi connectivity index (χ4v) is 4.11. The lowest BCUT2D eigenvalue weighted by atomic mass is 10.1. The molecule has 0 atom stereocenters. The van der Waals surface area contributed by atoms with E-state index in [0.29, 0.717) is 33.7 Å². The smallest absolute Gasteiger partial charge is 0.266 e. The summed E-state index contributed by atoms with van der Waals surface area (Å²) in [6.07, 6.45) is 1.22. The van der Waals surface area contributed by atoms with Crippen LogP contribution in [0.5, 0.6) is 11.5 Å². The minimum atomic E-state index is -2.82. The Morgan fingerprint density at radius 1 is 1.10 bits per heavy atom. The number of halogens is 4. The number of alkyl halides is 2. The molecule has 1 saturated heterocycles. The molecule has 1 aliphatic heterocycles. The lowest BCUT2D eigenvalue weighted by molar-refractivity contribution is 0.0257. The standard InChI is InChI=1S/C19H17Cl2F2N5O2/c1-29-11-6-12(30-2)15(21)13(14(11)20)10-5-9-7-25-18(24)27-16(9)17(26-10)28-4-3-19(22,23)8-28/h5-7H,3-4,8H2,1-2H3,(H2,24,25,27). The van der Waals surface area contributed by atoms with Crippen LogP contribution in [-0.2, 0) is 0 Å². The summed E-state index contributed by atoms with van der Waals surface area (Å²) in [7, 11) is 2.92. The van der Waals surface area contributed by atoms with Gasteiger partial charge in [0.2, 0.25) is 5.95 Å². The number of methoxy groups -OCH3 is 2. The van der Waals surface area contributed by atoms with Gasteiger partial charge in [0.15, 0.2) is 5.82 Å². The van der Waals surface area contributed by atoms with Crippen molar-refractivity contribution in [3.05, 3.63) is 28.4 Å². The van der Waals surface area contributed by atoms with Crippen LogP contribution in [-0.4, -0.2) is 48.2 Å². The zero-order valence-electron chi connectivity index (χ0n) is 16.0. The monoisotopic (exact) mass is 455 g/mol. The third-order valence-corrected chi connectivity index (χ3v) is 5.62. The number of pyridine rings is 1. The molecule has 4 rings (SSSR count). The molecule has 1 aromatic carbocycles. The third-order valence-electron chi connectivity index (χ3n) is 4.87. The van der Waals surface area contributed by atoms with Crippen molar-refractivity contribution >= 4 is 45.9 Å². The number of benzene rings is 1. The van der Waals surface area contributed by atoms with E-state index in [9.17, 15) is 8.78 Å². The molecule has 3 aromatic rings. The number of fused-ring (bicyclic) bond motifs is 1. The van der Waals surface area contributed by atoms with Crippen molar-refractivity contribution in [2.75, 3.05) is 37.9 Å². The fraction of sp³-hybridized carbons (Fsp3) is 0.316. The van der Waals surface area contributed by atoms with Gasteiger partial charge < -0.3 is 20.1 Å². The van der Waals surface area contributed by atoms with E-state index in [1.54, 1.807) is 12.1 Å². The predicted molar refractivity (Wildman–Crippen MR) is 112 cm³/mol. The number of rotatable bonds is 4. The largest absolute Gasteiger partial charge is 0.495 e. The number of hydrogen-bond donors (Lipinski definition) is 1. The van der Waals surface area contributed by atoms with Gasteiger partial charge >= 0.3 is 0 Å². The van der Waals surface area contributed by atoms with Gasteiger partial charge in [-0.2, -0.15) is 0 Å². The van der Waals surface area contributed by atoms with Crippen LogP contribution < -0.4 is 20.1 Å². The molecule has 0 bridgehead atoms. The molecule has 0 radical (unpaired) electrons. The summed E-state index contributed by atoms with van der Waals surface area (Å²) in [6, 6.07) is 3.22. The summed E-state index contributed by atoms with van der Waals surface area (Å²) in [4.78, 5) is 14.3. The second kappa shape index (κ2) is 7.55. The summed E-state index contributed by atoms with van der Waals surface area (Å²) in [5.41, 5.74) is 6.78. The first-order valence-electron chi connectivity index (χ1n) is 8.90. The highest BCUT2D eigenvalue weighted by Crippen LogP contribution is 2.46. The fourth-order valence-electron chi connectivity index (χ4n) is 3.41. The van der Waals surface area contributed by atoms with E-state index in [1.807, 2.05) is 0 Å². The minimum Gasteiger partial charge on any atom is -0.495 e. The van der Waals surface area contributed by atoms with Gasteiger partial charge in [0.05, 0.1) is 36.5 Å². The Balaban J connectivity index is 1.99. The Labute approximate surface area is 180 Å². The summed E-state index contributed by atoms with van der Waals surface area (Å²) < 4.78 is 38.4. The maximum atomic E-state index is 13.9. The topological polar surface area (TPSA) is 86.4 Å². The van der Waals surface area contributed by atoms with E-state index in [4.69, 9.17) is 38.4 Å². The Bertz CT molecular complexity index is 1120. The van der Waals surface area contributed by atoms with Gasteiger partial charge in [-0.3, -0.25) is 0 Å². The molecule has 0 saturated carbocycles. The van der Waals surface area contributed by atoms with Crippen LogP contribution in [0.3, 0.4) is 0 Å². The Morgan fingerprint density at radius 2 is 1.77 bits per heavy atom. The number of aromatic nitrogens is 3. The van der Waals surface area contributed by atoms with E-state index < -0.39 is 12.5 Å². The Kier molecular flexibility index (Phi) is 5.19. The number of hydrogen-bond acceptors (Lipinski definition) is 7. The maximum Gasteiger partial charge on any atom is 0.266 e. The van der Waals surface area contributed by atoms with Crippen LogP contribution in [0, 0.1) is 0 Å². The van der Waals surface area contributed by atoms with Crippen molar-refractivity contribution in [3.63, 3.8) is 0 Å². The molecule has 2 aromatic heterocycles. The van der Waals surface area contributed by atoms with Crippen LogP contribution >= 0.6 is 23.2 Å². The van der Waals surface area contributed by atoms with Crippen molar-refractivity contribution in [3.8, 4) is 22.8 Å². The molecule has 30 heavy (non-hydrogen) atoms. The lowest BCUT2D eigenvalue weighted by Gasteiger charge is -2.21. The lowest BCUT2D eigenvalue weighted by Crippen LogP contribution is -2.26. The average Bonchev–Trinajstić information content (AvgIpc) is 3.07. The molecule has 0 unspecified atom stereocenters. The zero-order chi connectivity index (χ0) is 21.6. The van der Waals surface area contributed by atoms with Crippen LogP contribution in [0.15, 0.2) is 18.3 Å². The number of nitrogens with two attached hydrogens (primary N) is 1. The average molecular weight is 456 g/mol. The van der Waals surface area contributed by atoms with E-state index in [0.717, 1.165) is 0 Å². The van der Waals surface area contributed by atoms with Gasteiger partial charge in [-0.1, -0.05) is 23.2 Å². The molecule has 0 aliphatic carbocycles. The van der Waals surface area contributed by atoms with Gasteiger partial charge in [0.1, 0.15) is 17.0 Å². The molecule has 0 amide bonds. The third kappa shape index (κ3) is 3.52. The van der Waals surface area contributed by atoms with Crippen LogP contribution in [0.4, 0.5) is 20.5 Å². The van der Waals surface area contributed by atoms with Crippen molar-refractivity contribution in [2.45, 2.75) is 12.3 Å². The molecular formula is C19H17Cl2F2N5O2. The first-order valence-corrected chi connectivity index (χ1v) is 9.66. The van der Waals surface area contributed by atoms with Crippen molar-refractivity contribution in [1.82, 2.24) is 15.0 Å². The van der Waals surface area contributed by atoms with Gasteiger partial charge in [-0.05, 0) is 6.07 Å². The molecule has 1 aliphatic rings. The molecule has 3 heterocycles.